The van der Waals surface area contributed by atoms with E-state index in [2.05, 4.69) is 4.72 Å². The fourth-order valence-electron chi connectivity index (χ4n) is 2.08. The number of nitrogens with one attached hydrogen (secondary N) is 1. The van der Waals surface area contributed by atoms with Crippen LogP contribution in [0.5, 0.6) is 0 Å². The summed E-state index contributed by atoms with van der Waals surface area (Å²) in [5, 5.41) is 0. The van der Waals surface area contributed by atoms with Crippen LogP contribution < -0.4 is 10.5 Å². The number of rotatable bonds is 6. The van der Waals surface area contributed by atoms with E-state index in [9.17, 15) is 12.8 Å². The molecule has 1 atom stereocenters. The smallest absolute Gasteiger partial charge is 0.240 e. The van der Waals surface area contributed by atoms with Crippen molar-refractivity contribution in [2.45, 2.75) is 43.5 Å². The lowest BCUT2D eigenvalue weighted by Crippen LogP contribution is -2.34. The van der Waals surface area contributed by atoms with Crippen LogP contribution in [0.4, 0.5) is 10.1 Å². The van der Waals surface area contributed by atoms with Gasteiger partial charge in [-0.1, -0.05) is 19.8 Å². The number of nitrogen functional groups attached to an aromatic ring is 1. The predicted molar refractivity (Wildman–Crippen MR) is 72.6 cm³/mol. The Morgan fingerprint density at radius 1 is 1.42 bits per heavy atom. The van der Waals surface area contributed by atoms with Gasteiger partial charge >= 0.3 is 0 Å². The summed E-state index contributed by atoms with van der Waals surface area (Å²) in [5.41, 5.74) is 5.58. The van der Waals surface area contributed by atoms with Gasteiger partial charge in [0.25, 0.3) is 0 Å². The first kappa shape index (κ1) is 14.3. The van der Waals surface area contributed by atoms with Gasteiger partial charge in [-0.05, 0) is 37.0 Å². The number of hydrogen-bond acceptors (Lipinski definition) is 3. The van der Waals surface area contributed by atoms with E-state index in [4.69, 9.17) is 5.73 Å². The minimum Gasteiger partial charge on any atom is -0.399 e. The van der Waals surface area contributed by atoms with E-state index in [1.165, 1.54) is 18.9 Å². The van der Waals surface area contributed by atoms with Crippen molar-refractivity contribution in [2.24, 2.45) is 5.92 Å². The van der Waals surface area contributed by atoms with Gasteiger partial charge in [0.05, 0.1) is 4.90 Å². The van der Waals surface area contributed by atoms with Crippen molar-refractivity contribution in [1.29, 1.82) is 0 Å². The van der Waals surface area contributed by atoms with Gasteiger partial charge < -0.3 is 5.73 Å². The zero-order chi connectivity index (χ0) is 14.0. The molecule has 19 heavy (non-hydrogen) atoms. The highest BCUT2D eigenvalue weighted by Gasteiger charge is 2.27. The molecular weight excluding hydrogens is 267 g/mol. The van der Waals surface area contributed by atoms with Crippen molar-refractivity contribution in [3.63, 3.8) is 0 Å². The van der Waals surface area contributed by atoms with Crippen LogP contribution in [0.3, 0.4) is 0 Å². The summed E-state index contributed by atoms with van der Waals surface area (Å²) < 4.78 is 40.2. The quantitative estimate of drug-likeness (QED) is 0.788. The molecule has 2 rings (SSSR count). The van der Waals surface area contributed by atoms with E-state index in [1.807, 2.05) is 6.92 Å². The minimum absolute atomic E-state index is 0.0954. The number of sulfonamides is 1. The number of benzene rings is 1. The summed E-state index contributed by atoms with van der Waals surface area (Å²) in [6, 6.07) is 3.26. The van der Waals surface area contributed by atoms with Crippen LogP contribution in [0.2, 0.25) is 0 Å². The molecule has 1 aromatic carbocycles. The number of hydrogen-bond donors (Lipinski definition) is 2. The molecule has 1 aliphatic rings. The third kappa shape index (κ3) is 3.91. The number of halogens is 1. The van der Waals surface area contributed by atoms with E-state index >= 15 is 0 Å². The maximum Gasteiger partial charge on any atom is 0.240 e. The highest BCUT2D eigenvalue weighted by atomic mass is 32.2. The normalized spacial score (nSPS) is 17.4. The Bertz CT molecular complexity index is 536. The standard InChI is InChI=1S/C13H19FN2O2S/c1-2-12(5-9-3-4-9)16-19(17,18)13-7-10(14)6-11(15)8-13/h6-9,12,16H,2-5,15H2,1H3. The largest absolute Gasteiger partial charge is 0.399 e. The zero-order valence-corrected chi connectivity index (χ0v) is 11.7. The lowest BCUT2D eigenvalue weighted by molar-refractivity contribution is 0.494. The van der Waals surface area contributed by atoms with Crippen LogP contribution in [0.15, 0.2) is 23.1 Å². The monoisotopic (exact) mass is 286 g/mol. The Morgan fingerprint density at radius 2 is 2.11 bits per heavy atom. The van der Waals surface area contributed by atoms with Gasteiger partial charge in [0.1, 0.15) is 5.82 Å². The second kappa shape index (κ2) is 5.46. The Morgan fingerprint density at radius 3 is 2.63 bits per heavy atom. The zero-order valence-electron chi connectivity index (χ0n) is 10.9. The number of anilines is 1. The molecular formula is C13H19FN2O2S. The summed E-state index contributed by atoms with van der Waals surface area (Å²) in [6.45, 7) is 1.94. The van der Waals surface area contributed by atoms with Crippen molar-refractivity contribution in [3.8, 4) is 0 Å². The van der Waals surface area contributed by atoms with E-state index in [0.29, 0.717) is 5.92 Å². The van der Waals surface area contributed by atoms with Crippen molar-refractivity contribution < 1.29 is 12.8 Å². The molecule has 1 unspecified atom stereocenters. The highest BCUT2D eigenvalue weighted by molar-refractivity contribution is 7.89. The Hall–Kier alpha value is -1.14. The highest BCUT2D eigenvalue weighted by Crippen LogP contribution is 2.34. The molecule has 0 aliphatic heterocycles. The maximum atomic E-state index is 13.2. The molecule has 0 heterocycles. The summed E-state index contributed by atoms with van der Waals surface area (Å²) in [7, 11) is -3.70. The molecule has 3 N–H and O–H groups in total. The molecule has 0 saturated heterocycles. The van der Waals surface area contributed by atoms with Crippen LogP contribution in [0, 0.1) is 11.7 Å². The van der Waals surface area contributed by atoms with Crippen molar-refractivity contribution >= 4 is 15.7 Å². The van der Waals surface area contributed by atoms with Crippen molar-refractivity contribution in [2.75, 3.05) is 5.73 Å². The Kier molecular flexibility index (Phi) is 4.10. The molecule has 1 aliphatic carbocycles. The summed E-state index contributed by atoms with van der Waals surface area (Å²) >= 11 is 0. The average Bonchev–Trinajstić information content (AvgIpc) is 3.10. The van der Waals surface area contributed by atoms with E-state index in [-0.39, 0.29) is 16.6 Å². The first-order valence-corrected chi connectivity index (χ1v) is 7.97. The van der Waals surface area contributed by atoms with Gasteiger partial charge in [0.15, 0.2) is 0 Å². The van der Waals surface area contributed by atoms with Crippen LogP contribution in [-0.4, -0.2) is 14.5 Å². The van der Waals surface area contributed by atoms with E-state index in [0.717, 1.165) is 25.0 Å². The Labute approximate surface area is 113 Å². The molecule has 6 heteroatoms. The topological polar surface area (TPSA) is 72.2 Å². The third-order valence-electron chi connectivity index (χ3n) is 3.33. The molecule has 4 nitrogen and oxygen atoms in total. The summed E-state index contributed by atoms with van der Waals surface area (Å²) in [4.78, 5) is -0.112. The van der Waals surface area contributed by atoms with Crippen LogP contribution in [0.1, 0.15) is 32.6 Å². The molecule has 1 aromatic rings. The summed E-state index contributed by atoms with van der Waals surface area (Å²) in [6.07, 6.45) is 3.91. The molecule has 1 saturated carbocycles. The van der Waals surface area contributed by atoms with Crippen LogP contribution >= 0.6 is 0 Å². The van der Waals surface area contributed by atoms with Crippen LogP contribution in [-0.2, 0) is 10.0 Å². The fraction of sp³-hybridized carbons (Fsp3) is 0.538. The van der Waals surface area contributed by atoms with Gasteiger partial charge in [-0.3, -0.25) is 0 Å². The first-order chi connectivity index (χ1) is 8.90. The number of nitrogens with two attached hydrogens (primary N) is 1. The maximum absolute atomic E-state index is 13.2. The minimum atomic E-state index is -3.70. The van der Waals surface area contributed by atoms with Gasteiger partial charge in [0, 0.05) is 11.7 Å². The second-order valence-corrected chi connectivity index (χ2v) is 6.84. The molecule has 0 amide bonds. The van der Waals surface area contributed by atoms with Gasteiger partial charge in [0.2, 0.25) is 10.0 Å². The first-order valence-electron chi connectivity index (χ1n) is 6.49. The molecule has 0 aromatic heterocycles. The molecule has 0 bridgehead atoms. The average molecular weight is 286 g/mol. The fourth-order valence-corrected chi connectivity index (χ4v) is 3.48. The van der Waals surface area contributed by atoms with Crippen LogP contribution in [0.25, 0.3) is 0 Å². The van der Waals surface area contributed by atoms with Gasteiger partial charge in [-0.15, -0.1) is 0 Å². The van der Waals surface area contributed by atoms with Gasteiger partial charge in [-0.25, -0.2) is 17.5 Å². The third-order valence-corrected chi connectivity index (χ3v) is 4.83. The molecule has 0 radical (unpaired) electrons. The molecule has 1 fully saturated rings. The Balaban J connectivity index is 2.15. The van der Waals surface area contributed by atoms with Crippen molar-refractivity contribution in [1.82, 2.24) is 4.72 Å². The second-order valence-electron chi connectivity index (χ2n) is 5.13. The summed E-state index contributed by atoms with van der Waals surface area (Å²) in [5.74, 6) is -0.0131. The van der Waals surface area contributed by atoms with Gasteiger partial charge in [-0.2, -0.15) is 0 Å². The van der Waals surface area contributed by atoms with Crippen molar-refractivity contribution in [3.05, 3.63) is 24.0 Å². The lowest BCUT2D eigenvalue weighted by Gasteiger charge is -2.17. The van der Waals surface area contributed by atoms with E-state index < -0.39 is 15.8 Å². The lowest BCUT2D eigenvalue weighted by atomic mass is 10.1. The SMILES string of the molecule is CCC(CC1CC1)NS(=O)(=O)c1cc(N)cc(F)c1. The predicted octanol–water partition coefficient (Wildman–Crippen LogP) is 2.26. The van der Waals surface area contributed by atoms with E-state index in [1.54, 1.807) is 0 Å². The molecule has 0 spiro atoms. The molecule has 106 valence electrons.